The number of hydrogen-bond donors (Lipinski definition) is 0. The van der Waals surface area contributed by atoms with Crippen molar-refractivity contribution in [1.82, 2.24) is 0 Å². The van der Waals surface area contributed by atoms with Crippen LogP contribution < -0.4 is 0 Å². The quantitative estimate of drug-likeness (QED) is 0.524. The highest BCUT2D eigenvalue weighted by molar-refractivity contribution is 9.10. The molecule has 1 saturated carbocycles. The summed E-state index contributed by atoms with van der Waals surface area (Å²) in [7, 11) is 0. The molecule has 0 nitrogen and oxygen atoms in total. The molecule has 100 valence electrons. The Bertz CT molecular complexity index is 384. The zero-order valence-corrected chi connectivity index (χ0v) is 13.6. The van der Waals surface area contributed by atoms with Crippen LogP contribution in [0.3, 0.4) is 0 Å². The Kier molecular flexibility index (Phi) is 5.68. The molecule has 0 N–H and O–H groups in total. The number of alkyl halides is 1. The molecule has 1 aliphatic carbocycles. The van der Waals surface area contributed by atoms with Gasteiger partial charge in [-0.25, -0.2) is 4.39 Å². The van der Waals surface area contributed by atoms with Crippen molar-refractivity contribution in [2.75, 3.05) is 0 Å². The fourth-order valence-corrected chi connectivity index (χ4v) is 3.95. The summed E-state index contributed by atoms with van der Waals surface area (Å²) in [5.74, 6) is 0.499. The van der Waals surface area contributed by atoms with Crippen molar-refractivity contribution in [1.29, 1.82) is 0 Å². The van der Waals surface area contributed by atoms with Gasteiger partial charge in [0.1, 0.15) is 5.82 Å². The van der Waals surface area contributed by atoms with Crippen LogP contribution in [-0.4, -0.2) is 0 Å². The van der Waals surface area contributed by atoms with Crippen LogP contribution in [0.15, 0.2) is 22.7 Å². The van der Waals surface area contributed by atoms with Crippen LogP contribution in [0.2, 0.25) is 0 Å². The lowest BCUT2D eigenvalue weighted by atomic mass is 9.86. The second kappa shape index (κ2) is 7.04. The zero-order valence-electron chi connectivity index (χ0n) is 10.5. The topological polar surface area (TPSA) is 0 Å². The van der Waals surface area contributed by atoms with E-state index < -0.39 is 0 Å². The first-order valence-electron chi connectivity index (χ1n) is 6.77. The Morgan fingerprint density at radius 1 is 1.06 bits per heavy atom. The fourth-order valence-electron chi connectivity index (χ4n) is 2.74. The zero-order chi connectivity index (χ0) is 13.0. The molecule has 2 rings (SSSR count). The fraction of sp³-hybridized carbons (Fsp3) is 0.600. The van der Waals surface area contributed by atoms with Crippen molar-refractivity contribution in [2.45, 2.75) is 49.8 Å². The van der Waals surface area contributed by atoms with E-state index in [4.69, 9.17) is 0 Å². The lowest BCUT2D eigenvalue weighted by molar-refractivity contribution is 0.374. The van der Waals surface area contributed by atoms with Crippen LogP contribution in [0.4, 0.5) is 4.39 Å². The van der Waals surface area contributed by atoms with E-state index in [1.807, 2.05) is 12.1 Å². The molecular weight excluding hydrogens is 359 g/mol. The number of benzene rings is 1. The van der Waals surface area contributed by atoms with E-state index in [-0.39, 0.29) is 5.82 Å². The van der Waals surface area contributed by atoms with Crippen LogP contribution >= 0.6 is 31.9 Å². The van der Waals surface area contributed by atoms with Crippen LogP contribution in [0.1, 0.15) is 55.3 Å². The van der Waals surface area contributed by atoms with Gasteiger partial charge in [0.05, 0.1) is 4.47 Å². The SMILES string of the molecule is Fc1ccc(C(Br)C2CCCCCCC2)cc1Br. The van der Waals surface area contributed by atoms with Gasteiger partial charge in [0.2, 0.25) is 0 Å². The second-order valence-corrected chi connectivity index (χ2v) is 7.02. The van der Waals surface area contributed by atoms with E-state index in [1.54, 1.807) is 6.07 Å². The summed E-state index contributed by atoms with van der Waals surface area (Å²) in [6.45, 7) is 0. The monoisotopic (exact) mass is 376 g/mol. The van der Waals surface area contributed by atoms with Gasteiger partial charge in [0.25, 0.3) is 0 Å². The predicted octanol–water partition coefficient (Wildman–Crippen LogP) is 6.38. The summed E-state index contributed by atoms with van der Waals surface area (Å²) < 4.78 is 13.8. The molecule has 18 heavy (non-hydrogen) atoms. The molecule has 1 aromatic rings. The Balaban J connectivity index is 2.08. The van der Waals surface area contributed by atoms with Crippen molar-refractivity contribution >= 4 is 31.9 Å². The first kappa shape index (κ1) is 14.5. The summed E-state index contributed by atoms with van der Waals surface area (Å²) in [5.41, 5.74) is 1.19. The minimum absolute atomic E-state index is 0.184. The molecule has 0 aromatic heterocycles. The van der Waals surface area contributed by atoms with Gasteiger partial charge in [-0.15, -0.1) is 0 Å². The van der Waals surface area contributed by atoms with Crippen LogP contribution in [0.5, 0.6) is 0 Å². The van der Waals surface area contributed by atoms with Crippen molar-refractivity contribution in [3.05, 3.63) is 34.1 Å². The van der Waals surface area contributed by atoms with Gasteiger partial charge in [0, 0.05) is 4.83 Å². The maximum Gasteiger partial charge on any atom is 0.137 e. The molecule has 0 heterocycles. The first-order chi connectivity index (χ1) is 8.68. The molecule has 1 fully saturated rings. The molecule has 1 atom stereocenters. The number of halogens is 3. The van der Waals surface area contributed by atoms with E-state index in [2.05, 4.69) is 31.9 Å². The van der Waals surface area contributed by atoms with Gasteiger partial charge in [-0.3, -0.25) is 0 Å². The smallest absolute Gasteiger partial charge is 0.137 e. The van der Waals surface area contributed by atoms with E-state index in [1.165, 1.54) is 50.5 Å². The normalized spacial score (nSPS) is 20.2. The maximum absolute atomic E-state index is 13.3. The highest BCUT2D eigenvalue weighted by Crippen LogP contribution is 2.39. The van der Waals surface area contributed by atoms with E-state index in [0.717, 1.165) is 0 Å². The van der Waals surface area contributed by atoms with Crippen molar-refractivity contribution < 1.29 is 4.39 Å². The molecule has 0 aliphatic heterocycles. The molecular formula is C15H19Br2F. The summed E-state index contributed by atoms with van der Waals surface area (Å²) in [4.78, 5) is 0.354. The molecule has 1 aliphatic rings. The summed E-state index contributed by atoms with van der Waals surface area (Å²) in [6.07, 6.45) is 9.34. The molecule has 0 radical (unpaired) electrons. The maximum atomic E-state index is 13.3. The summed E-state index contributed by atoms with van der Waals surface area (Å²) in [6, 6.07) is 5.36. The van der Waals surface area contributed by atoms with Crippen molar-refractivity contribution in [3.8, 4) is 0 Å². The van der Waals surface area contributed by atoms with E-state index >= 15 is 0 Å². The van der Waals surface area contributed by atoms with Gasteiger partial charge in [-0.1, -0.05) is 54.1 Å². The van der Waals surface area contributed by atoms with Crippen LogP contribution in [0, 0.1) is 11.7 Å². The average Bonchev–Trinajstić information content (AvgIpc) is 2.31. The third-order valence-corrected chi connectivity index (χ3v) is 5.71. The highest BCUT2D eigenvalue weighted by atomic mass is 79.9. The largest absolute Gasteiger partial charge is 0.206 e. The molecule has 1 aromatic carbocycles. The Labute approximate surface area is 126 Å². The number of hydrogen-bond acceptors (Lipinski definition) is 0. The first-order valence-corrected chi connectivity index (χ1v) is 8.48. The average molecular weight is 378 g/mol. The lowest BCUT2D eigenvalue weighted by Crippen LogP contribution is -2.10. The van der Waals surface area contributed by atoms with Crippen molar-refractivity contribution in [3.63, 3.8) is 0 Å². The van der Waals surface area contributed by atoms with Crippen molar-refractivity contribution in [2.24, 2.45) is 5.92 Å². The van der Waals surface area contributed by atoms with Gasteiger partial charge in [0.15, 0.2) is 0 Å². The Morgan fingerprint density at radius 2 is 1.67 bits per heavy atom. The van der Waals surface area contributed by atoms with E-state index in [0.29, 0.717) is 15.2 Å². The van der Waals surface area contributed by atoms with Gasteiger partial charge in [-0.05, 0) is 52.4 Å². The second-order valence-electron chi connectivity index (χ2n) is 5.18. The van der Waals surface area contributed by atoms with Gasteiger partial charge >= 0.3 is 0 Å². The lowest BCUT2D eigenvalue weighted by Gasteiger charge is -2.25. The van der Waals surface area contributed by atoms with E-state index in [9.17, 15) is 4.39 Å². The molecule has 0 bridgehead atoms. The summed E-state index contributed by atoms with van der Waals surface area (Å²) in [5, 5.41) is 0. The standard InChI is InChI=1S/C15H19Br2F/c16-13-10-12(8-9-14(13)18)15(17)11-6-4-2-1-3-5-7-11/h8-11,15H,1-7H2. The third kappa shape index (κ3) is 3.80. The molecule has 1 unspecified atom stereocenters. The molecule has 0 saturated heterocycles. The number of rotatable bonds is 2. The minimum atomic E-state index is -0.184. The predicted molar refractivity (Wildman–Crippen MR) is 81.6 cm³/mol. The minimum Gasteiger partial charge on any atom is -0.206 e. The van der Waals surface area contributed by atoms with Gasteiger partial charge in [-0.2, -0.15) is 0 Å². The summed E-state index contributed by atoms with van der Waals surface area (Å²) >= 11 is 7.09. The molecule has 0 spiro atoms. The van der Waals surface area contributed by atoms with Crippen LogP contribution in [0.25, 0.3) is 0 Å². The Hall–Kier alpha value is 0.110. The molecule has 3 heteroatoms. The third-order valence-electron chi connectivity index (χ3n) is 3.83. The van der Waals surface area contributed by atoms with Gasteiger partial charge < -0.3 is 0 Å². The van der Waals surface area contributed by atoms with Crippen LogP contribution in [-0.2, 0) is 0 Å². The molecule has 0 amide bonds. The Morgan fingerprint density at radius 3 is 2.28 bits per heavy atom. The highest BCUT2D eigenvalue weighted by Gasteiger charge is 2.21.